The lowest BCUT2D eigenvalue weighted by atomic mass is 9.88. The summed E-state index contributed by atoms with van der Waals surface area (Å²) in [4.78, 5) is 17.2. The Labute approximate surface area is 174 Å². The molecule has 0 aliphatic carbocycles. The first-order valence-electron chi connectivity index (χ1n) is 10.7. The van der Waals surface area contributed by atoms with Crippen molar-refractivity contribution in [1.29, 1.82) is 0 Å². The van der Waals surface area contributed by atoms with Crippen molar-refractivity contribution < 1.29 is 9.18 Å². The minimum Gasteiger partial charge on any atom is -0.340 e. The molecule has 3 rings (SSSR count). The molecule has 3 nitrogen and oxygen atoms in total. The van der Waals surface area contributed by atoms with E-state index in [1.54, 1.807) is 12.1 Å². The Bertz CT molecular complexity index is 805. The van der Waals surface area contributed by atoms with Crippen LogP contribution in [-0.4, -0.2) is 41.4 Å². The smallest absolute Gasteiger partial charge is 0.225 e. The Morgan fingerprint density at radius 2 is 1.79 bits per heavy atom. The summed E-state index contributed by atoms with van der Waals surface area (Å²) in [6.45, 7) is 11.4. The maximum absolute atomic E-state index is 13.9. The third-order valence-electron chi connectivity index (χ3n) is 5.87. The number of likely N-dealkylation sites (tertiary alicyclic amines) is 1. The maximum atomic E-state index is 13.9. The molecule has 4 heteroatoms. The second-order valence-corrected chi connectivity index (χ2v) is 8.84. The van der Waals surface area contributed by atoms with Crippen molar-refractivity contribution >= 4 is 5.91 Å². The van der Waals surface area contributed by atoms with Crippen LogP contribution >= 0.6 is 0 Å². The van der Waals surface area contributed by atoms with Gasteiger partial charge in [0.15, 0.2) is 0 Å². The van der Waals surface area contributed by atoms with E-state index < -0.39 is 0 Å². The molecule has 1 aliphatic rings. The number of carbonyl (C=O) groups excluding carboxylic acids is 1. The zero-order chi connectivity index (χ0) is 21.0. The summed E-state index contributed by atoms with van der Waals surface area (Å²) < 4.78 is 13.9. The molecule has 156 valence electrons. The minimum absolute atomic E-state index is 0.0214. The number of hydrogen-bond acceptors (Lipinski definition) is 2. The van der Waals surface area contributed by atoms with Gasteiger partial charge in [-0.25, -0.2) is 4.39 Å². The van der Waals surface area contributed by atoms with Gasteiger partial charge in [0.2, 0.25) is 5.91 Å². The molecule has 0 aromatic heterocycles. The molecule has 1 fully saturated rings. The van der Waals surface area contributed by atoms with Gasteiger partial charge in [0.25, 0.3) is 0 Å². The number of halogens is 1. The van der Waals surface area contributed by atoms with Gasteiger partial charge in [-0.05, 0) is 43.0 Å². The fraction of sp³-hybridized carbons (Fsp3) is 0.480. The van der Waals surface area contributed by atoms with Crippen LogP contribution in [0.1, 0.15) is 44.7 Å². The first-order valence-corrected chi connectivity index (χ1v) is 10.7. The second-order valence-electron chi connectivity index (χ2n) is 8.84. The van der Waals surface area contributed by atoms with Crippen LogP contribution in [0.2, 0.25) is 0 Å². The number of carbonyl (C=O) groups is 1. The lowest BCUT2D eigenvalue weighted by Crippen LogP contribution is -2.43. The maximum Gasteiger partial charge on any atom is 0.225 e. The largest absolute Gasteiger partial charge is 0.340 e. The van der Waals surface area contributed by atoms with E-state index in [-0.39, 0.29) is 35.5 Å². The van der Waals surface area contributed by atoms with Crippen LogP contribution < -0.4 is 0 Å². The van der Waals surface area contributed by atoms with Crippen LogP contribution in [0.25, 0.3) is 0 Å². The average molecular weight is 397 g/mol. The normalized spacial score (nSPS) is 19.8. The molecule has 2 unspecified atom stereocenters. The van der Waals surface area contributed by atoms with Gasteiger partial charge in [-0.3, -0.25) is 9.69 Å². The van der Waals surface area contributed by atoms with Crippen LogP contribution in [0, 0.1) is 17.7 Å². The predicted octanol–water partition coefficient (Wildman–Crippen LogP) is 4.93. The van der Waals surface area contributed by atoms with Crippen LogP contribution in [0.15, 0.2) is 54.6 Å². The van der Waals surface area contributed by atoms with Gasteiger partial charge in [-0.1, -0.05) is 56.3 Å². The Morgan fingerprint density at radius 3 is 2.41 bits per heavy atom. The molecular formula is C25H33FN2O. The van der Waals surface area contributed by atoms with Crippen molar-refractivity contribution in [2.24, 2.45) is 11.8 Å². The van der Waals surface area contributed by atoms with Crippen molar-refractivity contribution in [2.45, 2.75) is 46.2 Å². The number of rotatable bonds is 7. The summed E-state index contributed by atoms with van der Waals surface area (Å²) >= 11 is 0. The molecule has 0 saturated carbocycles. The monoisotopic (exact) mass is 396 g/mol. The molecule has 2 atom stereocenters. The van der Waals surface area contributed by atoms with E-state index in [4.69, 9.17) is 0 Å². The average Bonchev–Trinajstić information content (AvgIpc) is 3.08. The van der Waals surface area contributed by atoms with Crippen molar-refractivity contribution in [2.75, 3.05) is 19.6 Å². The molecule has 2 aromatic carbocycles. The van der Waals surface area contributed by atoms with Crippen molar-refractivity contribution in [3.8, 4) is 0 Å². The Balaban J connectivity index is 1.83. The highest BCUT2D eigenvalue weighted by atomic mass is 19.1. The van der Waals surface area contributed by atoms with Crippen molar-refractivity contribution in [3.05, 3.63) is 71.5 Å². The molecule has 0 bridgehead atoms. The van der Waals surface area contributed by atoms with Gasteiger partial charge in [0, 0.05) is 44.1 Å². The van der Waals surface area contributed by atoms with Gasteiger partial charge < -0.3 is 4.90 Å². The fourth-order valence-electron chi connectivity index (χ4n) is 4.37. The number of amides is 1. The third-order valence-corrected chi connectivity index (χ3v) is 5.87. The molecule has 1 amide bonds. The minimum atomic E-state index is -0.193. The summed E-state index contributed by atoms with van der Waals surface area (Å²) in [5.74, 6) is 0.481. The summed E-state index contributed by atoms with van der Waals surface area (Å²) in [5.41, 5.74) is 2.32. The number of nitrogens with zero attached hydrogens (tertiary/aromatic N) is 2. The van der Waals surface area contributed by atoms with Gasteiger partial charge in [-0.15, -0.1) is 0 Å². The topological polar surface area (TPSA) is 23.6 Å². The molecule has 0 radical (unpaired) electrons. The van der Waals surface area contributed by atoms with E-state index in [0.717, 1.165) is 25.2 Å². The van der Waals surface area contributed by atoms with E-state index >= 15 is 0 Å². The van der Waals surface area contributed by atoms with E-state index in [9.17, 15) is 9.18 Å². The van der Waals surface area contributed by atoms with E-state index in [1.165, 1.54) is 11.6 Å². The quantitative estimate of drug-likeness (QED) is 0.662. The highest BCUT2D eigenvalue weighted by molar-refractivity contribution is 5.78. The second kappa shape index (κ2) is 9.53. The number of hydrogen-bond donors (Lipinski definition) is 0. The molecule has 29 heavy (non-hydrogen) atoms. The highest BCUT2D eigenvalue weighted by Crippen LogP contribution is 2.35. The summed E-state index contributed by atoms with van der Waals surface area (Å²) in [7, 11) is 0. The number of benzene rings is 2. The fourth-order valence-corrected chi connectivity index (χ4v) is 4.37. The zero-order valence-corrected chi connectivity index (χ0v) is 18.0. The van der Waals surface area contributed by atoms with E-state index in [2.05, 4.69) is 43.0 Å². The van der Waals surface area contributed by atoms with Crippen LogP contribution in [0.4, 0.5) is 4.39 Å². The summed E-state index contributed by atoms with van der Waals surface area (Å²) in [6.07, 6.45) is 0. The Hall–Kier alpha value is -2.20. The lowest BCUT2D eigenvalue weighted by Gasteiger charge is -2.33. The lowest BCUT2D eigenvalue weighted by molar-refractivity contribution is -0.136. The first kappa shape index (κ1) is 21.5. The van der Waals surface area contributed by atoms with E-state index in [0.29, 0.717) is 6.54 Å². The highest BCUT2D eigenvalue weighted by Gasteiger charge is 2.36. The standard InChI is InChI=1S/C25H33FN2O/c1-18(2)25(29)28(19(3)4)16-22-15-27(14-20-9-6-5-7-10-20)17-24(22)21-11-8-12-23(26)13-21/h5-13,18-19,22,24H,14-17H2,1-4H3. The van der Waals surface area contributed by atoms with Crippen LogP contribution in [-0.2, 0) is 11.3 Å². The van der Waals surface area contributed by atoms with Crippen molar-refractivity contribution in [1.82, 2.24) is 9.80 Å². The van der Waals surface area contributed by atoms with Gasteiger partial charge in [-0.2, -0.15) is 0 Å². The summed E-state index contributed by atoms with van der Waals surface area (Å²) in [5, 5.41) is 0. The Morgan fingerprint density at radius 1 is 1.07 bits per heavy atom. The molecule has 0 N–H and O–H groups in total. The van der Waals surface area contributed by atoms with E-state index in [1.807, 2.05) is 30.9 Å². The Kier molecular flexibility index (Phi) is 7.07. The molecular weight excluding hydrogens is 363 g/mol. The van der Waals surface area contributed by atoms with Crippen LogP contribution in [0.5, 0.6) is 0 Å². The van der Waals surface area contributed by atoms with Gasteiger partial charge in [0.05, 0.1) is 0 Å². The van der Waals surface area contributed by atoms with Crippen molar-refractivity contribution in [3.63, 3.8) is 0 Å². The van der Waals surface area contributed by atoms with Gasteiger partial charge in [0.1, 0.15) is 5.82 Å². The molecule has 2 aromatic rings. The zero-order valence-electron chi connectivity index (χ0n) is 18.0. The molecule has 1 aliphatic heterocycles. The SMILES string of the molecule is CC(C)C(=O)N(CC1CN(Cc2ccccc2)CC1c1cccc(F)c1)C(C)C. The molecule has 1 heterocycles. The molecule has 0 spiro atoms. The third kappa shape index (κ3) is 5.45. The van der Waals surface area contributed by atoms with Gasteiger partial charge >= 0.3 is 0 Å². The summed E-state index contributed by atoms with van der Waals surface area (Å²) in [6, 6.07) is 17.6. The van der Waals surface area contributed by atoms with Crippen LogP contribution in [0.3, 0.4) is 0 Å². The first-order chi connectivity index (χ1) is 13.8. The molecule has 1 saturated heterocycles. The predicted molar refractivity (Wildman–Crippen MR) is 116 cm³/mol.